The van der Waals surface area contributed by atoms with Crippen LogP contribution in [0.15, 0.2) is 0 Å². The molecule has 1 atom stereocenters. The number of ether oxygens (including phenoxy) is 1. The van der Waals surface area contributed by atoms with E-state index in [1.54, 1.807) is 7.11 Å². The molecule has 1 saturated heterocycles. The van der Waals surface area contributed by atoms with E-state index in [1.165, 1.54) is 0 Å². The molecule has 0 spiro atoms. The van der Waals surface area contributed by atoms with Crippen LogP contribution >= 0.6 is 12.4 Å². The maximum absolute atomic E-state index is 12.4. The molecule has 0 aromatic rings. The predicted octanol–water partition coefficient (Wildman–Crippen LogP) is 1.68. The number of methoxy groups -OCH3 is 1. The van der Waals surface area contributed by atoms with E-state index in [9.17, 15) is 4.79 Å². The zero-order valence-electron chi connectivity index (χ0n) is 12.2. The zero-order chi connectivity index (χ0) is 13.1. The molecule has 1 unspecified atom stereocenters. The lowest BCUT2D eigenvalue weighted by atomic mass is 9.86. The van der Waals surface area contributed by atoms with Gasteiger partial charge in [0.05, 0.1) is 6.10 Å². The number of carbonyl (C=O) groups is 1. The van der Waals surface area contributed by atoms with Gasteiger partial charge in [0.25, 0.3) is 0 Å². The molecule has 5 heteroatoms. The Morgan fingerprint density at radius 1 is 1.26 bits per heavy atom. The lowest BCUT2D eigenvalue weighted by Crippen LogP contribution is -2.51. The summed E-state index contributed by atoms with van der Waals surface area (Å²) in [6.45, 7) is 4.07. The van der Waals surface area contributed by atoms with Crippen LogP contribution in [-0.4, -0.2) is 50.2 Å². The standard InChI is InChI=1S/C14H26N2O2.ClH/c1-10(11-8-15-9-11)14(17)16(2)12-4-6-13(18-3)7-5-12;/h10-13,15H,4-9H2,1-3H3;1H. The molecule has 0 radical (unpaired) electrons. The second-order valence-electron chi connectivity index (χ2n) is 5.82. The Kier molecular flexibility index (Phi) is 6.57. The minimum absolute atomic E-state index is 0. The third-order valence-corrected chi connectivity index (χ3v) is 4.78. The summed E-state index contributed by atoms with van der Waals surface area (Å²) in [5.74, 6) is 1.02. The van der Waals surface area contributed by atoms with Gasteiger partial charge in [-0.2, -0.15) is 0 Å². The van der Waals surface area contributed by atoms with E-state index in [-0.39, 0.29) is 18.3 Å². The third kappa shape index (κ3) is 3.83. The summed E-state index contributed by atoms with van der Waals surface area (Å²) >= 11 is 0. The first kappa shape index (κ1) is 16.7. The highest BCUT2D eigenvalue weighted by Crippen LogP contribution is 2.26. The number of halogens is 1. The Bertz CT molecular complexity index is 289. The van der Waals surface area contributed by atoms with Crippen molar-refractivity contribution in [3.63, 3.8) is 0 Å². The summed E-state index contributed by atoms with van der Waals surface area (Å²) < 4.78 is 5.38. The van der Waals surface area contributed by atoms with Crippen LogP contribution in [0.5, 0.6) is 0 Å². The molecular weight excluding hydrogens is 264 g/mol. The summed E-state index contributed by atoms with van der Waals surface area (Å²) in [5.41, 5.74) is 0. The van der Waals surface area contributed by atoms with Crippen molar-refractivity contribution in [3.05, 3.63) is 0 Å². The van der Waals surface area contributed by atoms with Crippen molar-refractivity contribution in [2.45, 2.75) is 44.8 Å². The molecule has 2 rings (SSSR count). The van der Waals surface area contributed by atoms with Crippen LogP contribution in [0.1, 0.15) is 32.6 Å². The molecule has 0 bridgehead atoms. The topological polar surface area (TPSA) is 41.6 Å². The average molecular weight is 291 g/mol. The minimum atomic E-state index is 0. The van der Waals surface area contributed by atoms with Crippen molar-refractivity contribution in [2.75, 3.05) is 27.2 Å². The largest absolute Gasteiger partial charge is 0.381 e. The first-order chi connectivity index (χ1) is 8.63. The van der Waals surface area contributed by atoms with Gasteiger partial charge in [0.2, 0.25) is 5.91 Å². The van der Waals surface area contributed by atoms with Crippen LogP contribution in [0.3, 0.4) is 0 Å². The van der Waals surface area contributed by atoms with Gasteiger partial charge in [0, 0.05) is 26.1 Å². The number of rotatable bonds is 4. The number of nitrogens with zero attached hydrogens (tertiary/aromatic N) is 1. The van der Waals surface area contributed by atoms with Gasteiger partial charge in [-0.3, -0.25) is 4.79 Å². The molecule has 2 aliphatic rings. The van der Waals surface area contributed by atoms with Crippen molar-refractivity contribution >= 4 is 18.3 Å². The molecular formula is C14H27ClN2O2. The molecule has 1 heterocycles. The predicted molar refractivity (Wildman–Crippen MR) is 78.6 cm³/mol. The highest BCUT2D eigenvalue weighted by Gasteiger charge is 2.33. The highest BCUT2D eigenvalue weighted by molar-refractivity contribution is 5.85. The number of nitrogens with one attached hydrogen (secondary N) is 1. The van der Waals surface area contributed by atoms with Gasteiger partial charge in [-0.05, 0) is 44.7 Å². The monoisotopic (exact) mass is 290 g/mol. The van der Waals surface area contributed by atoms with Crippen LogP contribution in [-0.2, 0) is 9.53 Å². The van der Waals surface area contributed by atoms with Crippen LogP contribution < -0.4 is 5.32 Å². The van der Waals surface area contributed by atoms with E-state index in [1.807, 2.05) is 11.9 Å². The summed E-state index contributed by atoms with van der Waals surface area (Å²) in [5, 5.41) is 3.24. The fourth-order valence-corrected chi connectivity index (χ4v) is 3.04. The highest BCUT2D eigenvalue weighted by atomic mass is 35.5. The fourth-order valence-electron chi connectivity index (χ4n) is 3.04. The fraction of sp³-hybridized carbons (Fsp3) is 0.929. The summed E-state index contributed by atoms with van der Waals surface area (Å²) in [4.78, 5) is 14.4. The minimum Gasteiger partial charge on any atom is -0.381 e. The molecule has 2 fully saturated rings. The molecule has 1 N–H and O–H groups in total. The maximum Gasteiger partial charge on any atom is 0.225 e. The molecule has 0 aromatic carbocycles. The quantitative estimate of drug-likeness (QED) is 0.856. The Morgan fingerprint density at radius 2 is 1.84 bits per heavy atom. The molecule has 1 amide bonds. The molecule has 4 nitrogen and oxygen atoms in total. The smallest absolute Gasteiger partial charge is 0.225 e. The van der Waals surface area contributed by atoms with E-state index < -0.39 is 0 Å². The molecule has 0 aromatic heterocycles. The summed E-state index contributed by atoms with van der Waals surface area (Å²) in [6.07, 6.45) is 4.72. The summed E-state index contributed by atoms with van der Waals surface area (Å²) in [6, 6.07) is 0.416. The Labute approximate surface area is 122 Å². The van der Waals surface area contributed by atoms with Crippen LogP contribution in [0.25, 0.3) is 0 Å². The molecule has 1 aliphatic carbocycles. The van der Waals surface area contributed by atoms with Crippen molar-refractivity contribution < 1.29 is 9.53 Å². The molecule has 1 aliphatic heterocycles. The first-order valence-electron chi connectivity index (χ1n) is 7.13. The molecule has 19 heavy (non-hydrogen) atoms. The lowest BCUT2D eigenvalue weighted by Gasteiger charge is -2.38. The number of amides is 1. The Hall–Kier alpha value is -0.320. The van der Waals surface area contributed by atoms with E-state index >= 15 is 0 Å². The van der Waals surface area contributed by atoms with Gasteiger partial charge in [-0.1, -0.05) is 6.92 Å². The average Bonchev–Trinajstić information content (AvgIpc) is 2.35. The van der Waals surface area contributed by atoms with Crippen molar-refractivity contribution in [3.8, 4) is 0 Å². The van der Waals surface area contributed by atoms with E-state index in [0.717, 1.165) is 38.8 Å². The molecule has 1 saturated carbocycles. The van der Waals surface area contributed by atoms with Crippen LogP contribution in [0, 0.1) is 11.8 Å². The Balaban J connectivity index is 0.00000180. The van der Waals surface area contributed by atoms with Gasteiger partial charge >= 0.3 is 0 Å². The normalized spacial score (nSPS) is 29.0. The van der Waals surface area contributed by atoms with E-state index in [4.69, 9.17) is 4.74 Å². The zero-order valence-corrected chi connectivity index (χ0v) is 13.0. The molecule has 112 valence electrons. The van der Waals surface area contributed by atoms with Gasteiger partial charge in [-0.25, -0.2) is 0 Å². The number of hydrogen-bond donors (Lipinski definition) is 1. The maximum atomic E-state index is 12.4. The first-order valence-corrected chi connectivity index (χ1v) is 7.13. The second-order valence-corrected chi connectivity index (χ2v) is 5.82. The van der Waals surface area contributed by atoms with Gasteiger partial charge < -0.3 is 15.0 Å². The van der Waals surface area contributed by atoms with Crippen LogP contribution in [0.4, 0.5) is 0 Å². The second kappa shape index (κ2) is 7.46. The number of hydrogen-bond acceptors (Lipinski definition) is 3. The van der Waals surface area contributed by atoms with Crippen molar-refractivity contribution in [1.29, 1.82) is 0 Å². The number of carbonyl (C=O) groups excluding carboxylic acids is 1. The third-order valence-electron chi connectivity index (χ3n) is 4.78. The van der Waals surface area contributed by atoms with Gasteiger partial charge in [0.1, 0.15) is 0 Å². The van der Waals surface area contributed by atoms with E-state index in [0.29, 0.717) is 24.0 Å². The van der Waals surface area contributed by atoms with Crippen molar-refractivity contribution in [1.82, 2.24) is 10.2 Å². The van der Waals surface area contributed by atoms with Gasteiger partial charge in [0.15, 0.2) is 0 Å². The lowest BCUT2D eigenvalue weighted by molar-refractivity contribution is -0.139. The van der Waals surface area contributed by atoms with E-state index in [2.05, 4.69) is 12.2 Å². The summed E-state index contributed by atoms with van der Waals surface area (Å²) in [7, 11) is 3.76. The Morgan fingerprint density at radius 3 is 2.26 bits per heavy atom. The SMILES string of the molecule is COC1CCC(N(C)C(=O)C(C)C2CNC2)CC1.Cl. The van der Waals surface area contributed by atoms with Crippen LogP contribution in [0.2, 0.25) is 0 Å². The van der Waals surface area contributed by atoms with Gasteiger partial charge in [-0.15, -0.1) is 12.4 Å². The van der Waals surface area contributed by atoms with Crippen molar-refractivity contribution in [2.24, 2.45) is 11.8 Å².